The number of rotatable bonds is 3. The van der Waals surface area contributed by atoms with E-state index in [0.29, 0.717) is 0 Å². The highest BCUT2D eigenvalue weighted by Gasteiger charge is 2.00. The smallest absolute Gasteiger partial charge is 0.332 e. The Morgan fingerprint density at radius 1 is 1.82 bits per heavy atom. The maximum atomic E-state index is 10.0. The van der Waals surface area contributed by atoms with E-state index in [1.807, 2.05) is 5.43 Å². The zero-order valence-corrected chi connectivity index (χ0v) is 5.90. The maximum Gasteiger partial charge on any atom is 0.332 e. The van der Waals surface area contributed by atoms with Gasteiger partial charge in [0.25, 0.3) is 0 Å². The van der Waals surface area contributed by atoms with E-state index >= 15 is 0 Å². The molecule has 3 N–H and O–H groups in total. The largest absolute Gasteiger partial charge is 0.350 e. The van der Waals surface area contributed by atoms with E-state index in [2.05, 4.69) is 10.8 Å². The van der Waals surface area contributed by atoms with Crippen molar-refractivity contribution < 1.29 is 9.72 Å². The minimum atomic E-state index is -0.840. The zero-order valence-electron chi connectivity index (χ0n) is 5.90. The Balaban J connectivity index is 3.81. The van der Waals surface area contributed by atoms with E-state index in [-0.39, 0.29) is 5.71 Å². The molecule has 0 aromatic rings. The van der Waals surface area contributed by atoms with Gasteiger partial charge in [-0.05, 0) is 6.92 Å². The Morgan fingerprint density at radius 3 is 2.73 bits per heavy atom. The monoisotopic (exact) mass is 160 g/mol. The highest BCUT2D eigenvalue weighted by atomic mass is 16.6. The molecule has 0 heterocycles. The second-order valence-electron chi connectivity index (χ2n) is 1.81. The normalized spacial score (nSPS) is 10.8. The lowest BCUT2D eigenvalue weighted by Crippen LogP contribution is -2.26. The van der Waals surface area contributed by atoms with E-state index < -0.39 is 17.5 Å². The number of carbonyl (C=O) groups is 1. The van der Waals surface area contributed by atoms with Gasteiger partial charge in [-0.1, -0.05) is 0 Å². The van der Waals surface area contributed by atoms with Crippen LogP contribution in [0.25, 0.3) is 0 Å². The molecule has 62 valence electrons. The molecular formula is C4H8N4O3. The Morgan fingerprint density at radius 2 is 2.36 bits per heavy atom. The molecule has 11 heavy (non-hydrogen) atoms. The maximum absolute atomic E-state index is 10.0. The number of carbonyl (C=O) groups excluding carboxylic acids is 1. The van der Waals surface area contributed by atoms with Gasteiger partial charge in [-0.2, -0.15) is 5.10 Å². The van der Waals surface area contributed by atoms with Crippen LogP contribution in [0.4, 0.5) is 4.79 Å². The molecule has 0 radical (unpaired) electrons. The highest BCUT2D eigenvalue weighted by Crippen LogP contribution is 1.75. The van der Waals surface area contributed by atoms with Crippen LogP contribution in [0.2, 0.25) is 0 Å². The third-order valence-corrected chi connectivity index (χ3v) is 0.715. The number of hydrogen-bond acceptors (Lipinski definition) is 4. The minimum Gasteiger partial charge on any atom is -0.350 e. The van der Waals surface area contributed by atoms with Gasteiger partial charge in [0, 0.05) is 4.92 Å². The van der Waals surface area contributed by atoms with E-state index in [1.165, 1.54) is 6.92 Å². The van der Waals surface area contributed by atoms with Crippen LogP contribution < -0.4 is 11.2 Å². The first kappa shape index (κ1) is 9.34. The van der Waals surface area contributed by atoms with Crippen molar-refractivity contribution in [3.05, 3.63) is 10.1 Å². The molecule has 0 saturated heterocycles. The van der Waals surface area contributed by atoms with Crippen LogP contribution in [0.3, 0.4) is 0 Å². The van der Waals surface area contributed by atoms with Crippen molar-refractivity contribution in [1.29, 1.82) is 0 Å². The summed E-state index contributed by atoms with van der Waals surface area (Å²) in [5.74, 6) is 0. The molecule has 0 atom stereocenters. The summed E-state index contributed by atoms with van der Waals surface area (Å²) >= 11 is 0. The molecule has 0 aliphatic heterocycles. The molecule has 0 aliphatic rings. The summed E-state index contributed by atoms with van der Waals surface area (Å²) in [7, 11) is 0. The van der Waals surface area contributed by atoms with Gasteiger partial charge in [-0.15, -0.1) is 0 Å². The van der Waals surface area contributed by atoms with E-state index in [4.69, 9.17) is 0 Å². The highest BCUT2D eigenvalue weighted by molar-refractivity contribution is 5.84. The van der Waals surface area contributed by atoms with Crippen molar-refractivity contribution in [3.63, 3.8) is 0 Å². The summed E-state index contributed by atoms with van der Waals surface area (Å²) in [6.07, 6.45) is 0. The number of primary amides is 1. The van der Waals surface area contributed by atoms with Gasteiger partial charge in [-0.25, -0.2) is 10.2 Å². The van der Waals surface area contributed by atoms with Crippen molar-refractivity contribution in [2.75, 3.05) is 6.54 Å². The van der Waals surface area contributed by atoms with E-state index in [9.17, 15) is 14.9 Å². The number of nitrogens with one attached hydrogen (secondary N) is 1. The zero-order chi connectivity index (χ0) is 8.85. The Labute approximate surface area is 62.4 Å². The molecule has 0 unspecified atom stereocenters. The van der Waals surface area contributed by atoms with Crippen molar-refractivity contribution >= 4 is 11.7 Å². The van der Waals surface area contributed by atoms with E-state index in [1.54, 1.807) is 0 Å². The number of nitrogens with two attached hydrogens (primary N) is 1. The SMILES string of the molecule is CC(C[N+](=O)[O-])=NNC(N)=O. The third-order valence-electron chi connectivity index (χ3n) is 0.715. The summed E-state index contributed by atoms with van der Waals surface area (Å²) < 4.78 is 0. The second-order valence-corrected chi connectivity index (χ2v) is 1.81. The van der Waals surface area contributed by atoms with Crippen molar-refractivity contribution in [2.24, 2.45) is 10.8 Å². The predicted molar refractivity (Wildman–Crippen MR) is 37.7 cm³/mol. The molecule has 0 aromatic heterocycles. The molecule has 0 spiro atoms. The van der Waals surface area contributed by atoms with Gasteiger partial charge in [0.1, 0.15) is 5.71 Å². The lowest BCUT2D eigenvalue weighted by Gasteiger charge is -1.93. The average Bonchev–Trinajstić information content (AvgIpc) is 1.82. The van der Waals surface area contributed by atoms with Crippen LogP contribution >= 0.6 is 0 Å². The van der Waals surface area contributed by atoms with E-state index in [0.717, 1.165) is 0 Å². The van der Waals surface area contributed by atoms with Gasteiger partial charge in [0.2, 0.25) is 6.54 Å². The van der Waals surface area contributed by atoms with Crippen molar-refractivity contribution in [2.45, 2.75) is 6.92 Å². The lowest BCUT2D eigenvalue weighted by molar-refractivity contribution is -0.463. The Kier molecular flexibility index (Phi) is 3.57. The van der Waals surface area contributed by atoms with Gasteiger partial charge < -0.3 is 5.73 Å². The summed E-state index contributed by atoms with van der Waals surface area (Å²) in [6, 6.07) is -0.840. The minimum absolute atomic E-state index is 0.189. The molecule has 7 heteroatoms. The van der Waals surface area contributed by atoms with Crippen LogP contribution in [0.5, 0.6) is 0 Å². The van der Waals surface area contributed by atoms with Crippen LogP contribution in [0.15, 0.2) is 5.10 Å². The number of nitrogens with zero attached hydrogens (tertiary/aromatic N) is 2. The van der Waals surface area contributed by atoms with Gasteiger partial charge in [-0.3, -0.25) is 10.1 Å². The van der Waals surface area contributed by atoms with Crippen LogP contribution in [0, 0.1) is 10.1 Å². The molecule has 0 rings (SSSR count). The summed E-state index contributed by atoms with van der Waals surface area (Å²) in [6.45, 7) is 1.01. The van der Waals surface area contributed by atoms with Gasteiger partial charge in [0.05, 0.1) is 0 Å². The molecule has 7 nitrogen and oxygen atoms in total. The molecule has 0 fully saturated rings. The van der Waals surface area contributed by atoms with Gasteiger partial charge >= 0.3 is 6.03 Å². The first-order chi connectivity index (χ1) is 5.02. The summed E-state index contributed by atoms with van der Waals surface area (Å²) in [4.78, 5) is 19.3. The molecule has 0 bridgehead atoms. The average molecular weight is 160 g/mol. The quantitative estimate of drug-likeness (QED) is 0.323. The number of nitro groups is 1. The number of urea groups is 1. The fraction of sp³-hybridized carbons (Fsp3) is 0.500. The number of hydrogen-bond donors (Lipinski definition) is 2. The van der Waals surface area contributed by atoms with Crippen molar-refractivity contribution in [1.82, 2.24) is 5.43 Å². The lowest BCUT2D eigenvalue weighted by atomic mass is 10.4. The number of hydrazone groups is 1. The van der Waals surface area contributed by atoms with Crippen LogP contribution in [0.1, 0.15) is 6.92 Å². The summed E-state index contributed by atoms with van der Waals surface area (Å²) in [5, 5.41) is 13.1. The first-order valence-corrected chi connectivity index (χ1v) is 2.72. The Hall–Kier alpha value is -1.66. The first-order valence-electron chi connectivity index (χ1n) is 2.72. The van der Waals surface area contributed by atoms with Crippen LogP contribution in [-0.2, 0) is 0 Å². The Bertz CT molecular complexity index is 200. The fourth-order valence-corrected chi connectivity index (χ4v) is 0.373. The summed E-state index contributed by atoms with van der Waals surface area (Å²) in [5.41, 5.74) is 6.71. The standard InChI is InChI=1S/C4H8N4O3/c1-3(2-8(10)11)6-7-4(5)9/h2H2,1H3,(H3,5,7,9). The predicted octanol–water partition coefficient (Wildman–Crippen LogP) is -0.693. The number of amides is 2. The fourth-order valence-electron chi connectivity index (χ4n) is 0.373. The molecule has 0 aliphatic carbocycles. The van der Waals surface area contributed by atoms with Crippen molar-refractivity contribution in [3.8, 4) is 0 Å². The second kappa shape index (κ2) is 4.20. The molecule has 0 aromatic carbocycles. The molecule has 2 amide bonds. The van der Waals surface area contributed by atoms with Gasteiger partial charge in [0.15, 0.2) is 0 Å². The topological polar surface area (TPSA) is 111 Å². The third kappa shape index (κ3) is 6.22. The molecule has 0 saturated carbocycles. The molecular weight excluding hydrogens is 152 g/mol. The van der Waals surface area contributed by atoms with Crippen LogP contribution in [-0.4, -0.2) is 23.2 Å².